The van der Waals surface area contributed by atoms with Crippen LogP contribution in [0.4, 0.5) is 13.6 Å². The summed E-state index contributed by atoms with van der Waals surface area (Å²) < 4.78 is 37.0. The van der Waals surface area contributed by atoms with Crippen molar-refractivity contribution in [1.29, 1.82) is 0 Å². The lowest BCUT2D eigenvalue weighted by atomic mass is 9.83. The number of carbonyl (C=O) groups is 6. The highest BCUT2D eigenvalue weighted by molar-refractivity contribution is 8.00. The van der Waals surface area contributed by atoms with Gasteiger partial charge in [0.25, 0.3) is 0 Å². The van der Waals surface area contributed by atoms with E-state index in [1.165, 1.54) is 13.8 Å². The number of alkyl carbamates (subject to hydrolysis) is 1. The number of hydrogen-bond acceptors (Lipinski definition) is 8. The van der Waals surface area contributed by atoms with E-state index in [0.29, 0.717) is 17.8 Å². The number of halogens is 2. The summed E-state index contributed by atoms with van der Waals surface area (Å²) in [6, 6.07) is 19.6. The Morgan fingerprint density at radius 2 is 1.49 bits per heavy atom. The van der Waals surface area contributed by atoms with Crippen molar-refractivity contribution in [3.63, 3.8) is 0 Å². The lowest BCUT2D eigenvalue weighted by molar-refractivity contribution is -0.140. The Hall–Kier alpha value is -6.23. The number of aromatic nitrogens is 1. The Kier molecular flexibility index (Phi) is 19.1. The van der Waals surface area contributed by atoms with Gasteiger partial charge in [0.1, 0.15) is 36.4 Å². The van der Waals surface area contributed by atoms with Crippen LogP contribution < -0.4 is 21.3 Å². The fourth-order valence-corrected chi connectivity index (χ4v) is 8.11. The van der Waals surface area contributed by atoms with Gasteiger partial charge in [-0.15, -0.1) is 11.8 Å². The predicted molar refractivity (Wildman–Crippen MR) is 245 cm³/mol. The number of carboxylic acid groups (broad SMARTS) is 1. The molecule has 4 aromatic rings. The van der Waals surface area contributed by atoms with Gasteiger partial charge < -0.3 is 40.6 Å². The predicted octanol–water partition coefficient (Wildman–Crippen LogP) is 6.68. The third-order valence-corrected chi connectivity index (χ3v) is 11.4. The number of aliphatic carboxylic acids is 1. The fourth-order valence-electron chi connectivity index (χ4n) is 7.19. The third-order valence-electron chi connectivity index (χ3n) is 10.3. The van der Waals surface area contributed by atoms with Crippen LogP contribution in [0.3, 0.4) is 0 Å². The molecule has 350 valence electrons. The zero-order valence-corrected chi connectivity index (χ0v) is 38.7. The van der Waals surface area contributed by atoms with E-state index < -0.39 is 71.0 Å². The summed E-state index contributed by atoms with van der Waals surface area (Å²) in [6.07, 6.45) is 1.18. The molecule has 0 radical (unpaired) electrons. The van der Waals surface area contributed by atoms with Gasteiger partial charge in [-0.05, 0) is 60.1 Å². The molecule has 3 aromatic carbocycles. The molecule has 4 rings (SSSR count). The molecular formula is C48H60F2N6O8S. The van der Waals surface area contributed by atoms with Gasteiger partial charge in [-0.25, -0.2) is 18.4 Å². The molecule has 0 aliphatic carbocycles. The van der Waals surface area contributed by atoms with Crippen molar-refractivity contribution in [2.75, 3.05) is 24.6 Å². The van der Waals surface area contributed by atoms with Gasteiger partial charge in [0, 0.05) is 55.3 Å². The molecule has 17 heteroatoms. The zero-order valence-electron chi connectivity index (χ0n) is 37.9. The van der Waals surface area contributed by atoms with Crippen molar-refractivity contribution < 1.29 is 47.4 Å². The quantitative estimate of drug-likeness (QED) is 0.0536. The van der Waals surface area contributed by atoms with E-state index in [-0.39, 0.29) is 55.0 Å². The van der Waals surface area contributed by atoms with Crippen LogP contribution in [-0.4, -0.2) is 93.0 Å². The van der Waals surface area contributed by atoms with Crippen LogP contribution in [0.2, 0.25) is 0 Å². The molecule has 1 heterocycles. The summed E-state index contributed by atoms with van der Waals surface area (Å²) in [5.41, 5.74) is 2.07. The maximum absolute atomic E-state index is 15.3. The van der Waals surface area contributed by atoms with Crippen molar-refractivity contribution in [1.82, 2.24) is 30.7 Å². The second kappa shape index (κ2) is 24.2. The largest absolute Gasteiger partial charge is 0.480 e. The van der Waals surface area contributed by atoms with E-state index in [1.54, 1.807) is 43.1 Å². The molecule has 0 fully saturated rings. The standard InChI is InChI=1S/C48H60F2N6O8S/c1-30(2)42(54-47(63)64-27-34-17-12-9-13-18-34)45(60)52-31(3)44(59)51-21-14-22-56(41(58)29-65-28-39(46(61)62)53-32(4)57)43(48(5,6)7)40-23-35(37-24-36(49)19-20-38(37)50)26-55(40)25-33-15-10-8-11-16-33/h8-13,15-20,23-24,26,30-31,39,42-43H,14,21-22,25,27-29H2,1-7H3,(H,51,59)(H,52,60)(H,53,57)(H,54,63)(H,61,62)/t31-,39-,42-,43-/m0/s1. The SMILES string of the molecule is CC(=O)N[C@@H](CSCC(=O)N(CCCNC(=O)[C@H](C)NC(=O)[C@@H](NC(=O)OCc1ccccc1)C(C)C)[C@@H](c1cc(-c2cc(F)ccc2F)cn1Cc1ccccc1)C(C)(C)C)C(=O)O. The number of nitrogens with one attached hydrogen (secondary N) is 4. The molecule has 1 aromatic heterocycles. The normalized spacial score (nSPS) is 13.2. The highest BCUT2D eigenvalue weighted by Gasteiger charge is 2.37. The van der Waals surface area contributed by atoms with Crippen molar-refractivity contribution in [3.05, 3.63) is 120 Å². The lowest BCUT2D eigenvalue weighted by Gasteiger charge is -2.41. The van der Waals surface area contributed by atoms with Gasteiger partial charge in [-0.2, -0.15) is 0 Å². The van der Waals surface area contributed by atoms with Gasteiger partial charge in [0.05, 0.1) is 11.8 Å². The summed E-state index contributed by atoms with van der Waals surface area (Å²) in [5, 5.41) is 20.1. The number of carbonyl (C=O) groups excluding carboxylic acids is 5. The van der Waals surface area contributed by atoms with Crippen LogP contribution in [0.5, 0.6) is 0 Å². The molecule has 0 aliphatic rings. The molecule has 0 aliphatic heterocycles. The van der Waals surface area contributed by atoms with Crippen molar-refractivity contribution >= 4 is 47.5 Å². The number of benzene rings is 3. The van der Waals surface area contributed by atoms with Crippen LogP contribution in [-0.2, 0) is 41.9 Å². The van der Waals surface area contributed by atoms with Crippen LogP contribution in [0.1, 0.15) is 77.7 Å². The number of nitrogens with zero attached hydrogens (tertiary/aromatic N) is 2. The first-order valence-electron chi connectivity index (χ1n) is 21.4. The fraction of sp³-hybridized carbons (Fsp3) is 0.417. The monoisotopic (exact) mass is 918 g/mol. The van der Waals surface area contributed by atoms with Crippen molar-refractivity contribution in [2.24, 2.45) is 11.3 Å². The molecule has 5 N–H and O–H groups in total. The number of hydrogen-bond donors (Lipinski definition) is 5. The summed E-state index contributed by atoms with van der Waals surface area (Å²) in [6.45, 7) is 12.6. The molecule has 0 saturated heterocycles. The van der Waals surface area contributed by atoms with Crippen molar-refractivity contribution in [2.45, 2.75) is 92.2 Å². The van der Waals surface area contributed by atoms with Crippen molar-refractivity contribution in [3.8, 4) is 11.1 Å². The zero-order chi connectivity index (χ0) is 47.8. The number of carboxylic acids is 1. The average Bonchev–Trinajstić information content (AvgIpc) is 3.65. The van der Waals surface area contributed by atoms with Gasteiger partial charge in [0.15, 0.2) is 0 Å². The molecule has 0 bridgehead atoms. The average molecular weight is 919 g/mol. The van der Waals surface area contributed by atoms with Crippen LogP contribution in [0.15, 0.2) is 91.1 Å². The third kappa shape index (κ3) is 15.8. The Morgan fingerprint density at radius 1 is 0.846 bits per heavy atom. The smallest absolute Gasteiger partial charge is 0.408 e. The van der Waals surface area contributed by atoms with E-state index in [2.05, 4.69) is 21.3 Å². The lowest BCUT2D eigenvalue weighted by Crippen LogP contribution is -2.54. The minimum absolute atomic E-state index is 0.0104. The minimum Gasteiger partial charge on any atom is -0.480 e. The maximum atomic E-state index is 15.3. The molecule has 0 unspecified atom stereocenters. The van der Waals surface area contributed by atoms with Gasteiger partial charge in [-0.3, -0.25) is 19.2 Å². The molecule has 5 amide bonds. The molecule has 0 saturated carbocycles. The Morgan fingerprint density at radius 3 is 2.09 bits per heavy atom. The highest BCUT2D eigenvalue weighted by Crippen LogP contribution is 2.41. The van der Waals surface area contributed by atoms with Gasteiger partial charge in [-0.1, -0.05) is 95.3 Å². The molecule has 65 heavy (non-hydrogen) atoms. The van der Waals surface area contributed by atoms with E-state index in [0.717, 1.165) is 41.1 Å². The number of thioether (sulfide) groups is 1. The Balaban J connectivity index is 1.56. The summed E-state index contributed by atoms with van der Waals surface area (Å²) in [4.78, 5) is 78.9. The van der Waals surface area contributed by atoms with Crippen LogP contribution >= 0.6 is 11.8 Å². The van der Waals surface area contributed by atoms with Gasteiger partial charge >= 0.3 is 12.1 Å². The Bertz CT molecular complexity index is 2250. The molecule has 14 nitrogen and oxygen atoms in total. The first-order chi connectivity index (χ1) is 30.7. The topological polar surface area (TPSA) is 188 Å². The van der Waals surface area contributed by atoms with Crippen LogP contribution in [0.25, 0.3) is 11.1 Å². The highest BCUT2D eigenvalue weighted by atomic mass is 32.2. The minimum atomic E-state index is -1.25. The number of ether oxygens (including phenoxy) is 1. The summed E-state index contributed by atoms with van der Waals surface area (Å²) in [7, 11) is 0. The summed E-state index contributed by atoms with van der Waals surface area (Å²) in [5.74, 6) is -5.09. The Labute approximate surface area is 383 Å². The first-order valence-corrected chi connectivity index (χ1v) is 22.5. The maximum Gasteiger partial charge on any atom is 0.408 e. The second-order valence-electron chi connectivity index (χ2n) is 17.2. The first kappa shape index (κ1) is 51.4. The van der Waals surface area contributed by atoms with E-state index in [1.807, 2.05) is 73.9 Å². The van der Waals surface area contributed by atoms with Crippen LogP contribution in [0, 0.1) is 23.0 Å². The van der Waals surface area contributed by atoms with E-state index in [4.69, 9.17) is 4.74 Å². The second-order valence-corrected chi connectivity index (χ2v) is 18.2. The molecule has 4 atom stereocenters. The summed E-state index contributed by atoms with van der Waals surface area (Å²) >= 11 is 1.04. The number of amides is 5. The van der Waals surface area contributed by atoms with Gasteiger partial charge in [0.2, 0.25) is 23.6 Å². The van der Waals surface area contributed by atoms with E-state index >= 15 is 4.39 Å². The molecular weight excluding hydrogens is 859 g/mol. The number of rotatable bonds is 22. The molecule has 0 spiro atoms. The van der Waals surface area contributed by atoms with E-state index in [9.17, 15) is 38.3 Å².